The predicted molar refractivity (Wildman–Crippen MR) is 75.1 cm³/mol. The number of sulfonamides is 1. The third-order valence-electron chi connectivity index (χ3n) is 2.21. The maximum absolute atomic E-state index is 11.7. The van der Waals surface area contributed by atoms with E-state index in [1.807, 2.05) is 0 Å². The van der Waals surface area contributed by atoms with Crippen LogP contribution in [0.5, 0.6) is 0 Å². The molecule has 19 heavy (non-hydrogen) atoms. The van der Waals surface area contributed by atoms with Gasteiger partial charge in [-0.05, 0) is 24.6 Å². The van der Waals surface area contributed by atoms with Crippen LogP contribution >= 0.6 is 23.2 Å². The molecule has 5 nitrogen and oxygen atoms in total. The second-order valence-electron chi connectivity index (χ2n) is 3.73. The van der Waals surface area contributed by atoms with Crippen LogP contribution in [0.4, 0.5) is 5.69 Å². The fourth-order valence-electron chi connectivity index (χ4n) is 1.30. The molecule has 1 N–H and O–H groups in total. The zero-order valence-corrected chi connectivity index (χ0v) is 12.5. The van der Waals surface area contributed by atoms with E-state index in [1.54, 1.807) is 0 Å². The molecular formula is C11H13Cl2NO4S. The number of benzene rings is 1. The van der Waals surface area contributed by atoms with Crippen molar-refractivity contribution in [2.24, 2.45) is 0 Å². The number of hydrogen-bond donors (Lipinski definition) is 1. The summed E-state index contributed by atoms with van der Waals surface area (Å²) in [6.07, 6.45) is 0.238. The Kier molecular flexibility index (Phi) is 5.90. The molecule has 0 saturated carbocycles. The van der Waals surface area contributed by atoms with Crippen molar-refractivity contribution in [2.45, 2.75) is 12.8 Å². The van der Waals surface area contributed by atoms with Gasteiger partial charge in [0, 0.05) is 6.42 Å². The normalized spacial score (nSPS) is 11.1. The Morgan fingerprint density at radius 2 is 2.00 bits per heavy atom. The summed E-state index contributed by atoms with van der Waals surface area (Å²) in [6, 6.07) is 4.42. The summed E-state index contributed by atoms with van der Waals surface area (Å²) in [4.78, 5) is 10.9. The third kappa shape index (κ3) is 5.67. The topological polar surface area (TPSA) is 72.5 Å². The first kappa shape index (κ1) is 16.1. The Labute approximate surface area is 121 Å². The Morgan fingerprint density at radius 3 is 2.58 bits per heavy atom. The molecule has 0 spiro atoms. The molecule has 8 heteroatoms. The highest BCUT2D eigenvalue weighted by Crippen LogP contribution is 2.25. The number of ether oxygens (including phenoxy) is 1. The average Bonchev–Trinajstić information content (AvgIpc) is 2.33. The summed E-state index contributed by atoms with van der Waals surface area (Å²) in [6.45, 7) is 0. The van der Waals surface area contributed by atoms with Gasteiger partial charge in [0.1, 0.15) is 0 Å². The van der Waals surface area contributed by atoms with Crippen LogP contribution in [0.3, 0.4) is 0 Å². The Bertz CT molecular complexity index is 560. The average molecular weight is 326 g/mol. The molecule has 0 bridgehead atoms. The van der Waals surface area contributed by atoms with Gasteiger partial charge in [0.25, 0.3) is 0 Å². The molecule has 1 rings (SSSR count). The van der Waals surface area contributed by atoms with Gasteiger partial charge in [-0.1, -0.05) is 23.2 Å². The van der Waals surface area contributed by atoms with Crippen LogP contribution in [0.1, 0.15) is 12.8 Å². The number of nitrogens with one attached hydrogen (secondary N) is 1. The molecule has 0 atom stereocenters. The minimum atomic E-state index is -3.53. The summed E-state index contributed by atoms with van der Waals surface area (Å²) in [5.74, 6) is -0.618. The van der Waals surface area contributed by atoms with E-state index in [4.69, 9.17) is 23.2 Å². The first-order valence-electron chi connectivity index (χ1n) is 5.36. The zero-order chi connectivity index (χ0) is 14.5. The second kappa shape index (κ2) is 6.98. The minimum absolute atomic E-state index is 0.0543. The molecule has 0 aliphatic carbocycles. The quantitative estimate of drug-likeness (QED) is 0.816. The van der Waals surface area contributed by atoms with Crippen LogP contribution in [-0.4, -0.2) is 27.2 Å². The fourth-order valence-corrected chi connectivity index (χ4v) is 2.71. The van der Waals surface area contributed by atoms with Crippen molar-refractivity contribution >= 4 is 44.9 Å². The molecule has 0 saturated heterocycles. The van der Waals surface area contributed by atoms with E-state index in [0.717, 1.165) is 0 Å². The van der Waals surface area contributed by atoms with Crippen molar-refractivity contribution in [3.05, 3.63) is 28.2 Å². The largest absolute Gasteiger partial charge is 0.469 e. The molecule has 0 unspecified atom stereocenters. The van der Waals surface area contributed by atoms with E-state index in [1.165, 1.54) is 25.3 Å². The van der Waals surface area contributed by atoms with Gasteiger partial charge in [0.15, 0.2) is 0 Å². The maximum atomic E-state index is 11.7. The number of hydrogen-bond acceptors (Lipinski definition) is 4. The Morgan fingerprint density at radius 1 is 1.32 bits per heavy atom. The standard InChI is InChI=1S/C11H13Cl2NO4S/c1-18-11(15)3-2-6-19(16,17)14-8-4-5-9(12)10(13)7-8/h4-5,7,14H,2-3,6H2,1H3. The number of anilines is 1. The summed E-state index contributed by atoms with van der Waals surface area (Å²) in [7, 11) is -2.27. The fraction of sp³-hybridized carbons (Fsp3) is 0.364. The van der Waals surface area contributed by atoms with E-state index in [-0.39, 0.29) is 23.6 Å². The van der Waals surface area contributed by atoms with Crippen molar-refractivity contribution in [1.82, 2.24) is 0 Å². The van der Waals surface area contributed by atoms with Crippen LogP contribution in [-0.2, 0) is 19.6 Å². The molecule has 0 aliphatic rings. The number of carbonyl (C=O) groups is 1. The molecule has 0 amide bonds. The highest BCUT2D eigenvalue weighted by Gasteiger charge is 2.12. The monoisotopic (exact) mass is 325 g/mol. The van der Waals surface area contributed by atoms with E-state index < -0.39 is 16.0 Å². The van der Waals surface area contributed by atoms with Gasteiger partial charge in [-0.2, -0.15) is 0 Å². The molecule has 0 fully saturated rings. The van der Waals surface area contributed by atoms with Crippen molar-refractivity contribution in [1.29, 1.82) is 0 Å². The number of rotatable bonds is 6. The summed E-state index contributed by atoms with van der Waals surface area (Å²) < 4.78 is 30.2. The van der Waals surface area contributed by atoms with E-state index in [0.29, 0.717) is 10.7 Å². The van der Waals surface area contributed by atoms with E-state index >= 15 is 0 Å². The first-order chi connectivity index (χ1) is 8.84. The van der Waals surface area contributed by atoms with Gasteiger partial charge in [0.05, 0.1) is 28.6 Å². The second-order valence-corrected chi connectivity index (χ2v) is 6.39. The zero-order valence-electron chi connectivity index (χ0n) is 10.2. The number of esters is 1. The lowest BCUT2D eigenvalue weighted by atomic mass is 10.3. The lowest BCUT2D eigenvalue weighted by molar-refractivity contribution is -0.140. The molecule has 1 aromatic rings. The summed E-state index contributed by atoms with van der Waals surface area (Å²) in [5.41, 5.74) is 0.326. The predicted octanol–water partition coefficient (Wildman–Crippen LogP) is 2.69. The van der Waals surface area contributed by atoms with Crippen molar-refractivity contribution < 1.29 is 17.9 Å². The van der Waals surface area contributed by atoms with Gasteiger partial charge in [-0.25, -0.2) is 8.42 Å². The molecule has 0 aromatic heterocycles. The third-order valence-corrected chi connectivity index (χ3v) is 4.33. The molecule has 0 radical (unpaired) electrons. The molecule has 1 aromatic carbocycles. The van der Waals surface area contributed by atoms with Gasteiger partial charge >= 0.3 is 5.97 Å². The van der Waals surface area contributed by atoms with Gasteiger partial charge in [0.2, 0.25) is 10.0 Å². The van der Waals surface area contributed by atoms with Gasteiger partial charge < -0.3 is 4.74 Å². The van der Waals surface area contributed by atoms with Crippen molar-refractivity contribution in [3.8, 4) is 0 Å². The van der Waals surface area contributed by atoms with Gasteiger partial charge in [-0.15, -0.1) is 0 Å². The molecule has 0 aliphatic heterocycles. The van der Waals surface area contributed by atoms with Crippen LogP contribution in [0, 0.1) is 0 Å². The van der Waals surface area contributed by atoms with Gasteiger partial charge in [-0.3, -0.25) is 9.52 Å². The number of carbonyl (C=O) groups excluding carboxylic acids is 1. The Hall–Kier alpha value is -0.980. The SMILES string of the molecule is COC(=O)CCCS(=O)(=O)Nc1ccc(Cl)c(Cl)c1. The van der Waals surface area contributed by atoms with Crippen molar-refractivity contribution in [3.63, 3.8) is 0 Å². The lowest BCUT2D eigenvalue weighted by Gasteiger charge is -2.08. The first-order valence-corrected chi connectivity index (χ1v) is 7.77. The van der Waals surface area contributed by atoms with Crippen LogP contribution in [0.25, 0.3) is 0 Å². The minimum Gasteiger partial charge on any atom is -0.469 e. The molecule has 106 valence electrons. The summed E-state index contributed by atoms with van der Waals surface area (Å²) >= 11 is 11.5. The maximum Gasteiger partial charge on any atom is 0.305 e. The van der Waals surface area contributed by atoms with Crippen LogP contribution in [0.2, 0.25) is 10.0 Å². The van der Waals surface area contributed by atoms with Crippen LogP contribution < -0.4 is 4.72 Å². The Balaban J connectivity index is 2.59. The highest BCUT2D eigenvalue weighted by atomic mass is 35.5. The number of halogens is 2. The van der Waals surface area contributed by atoms with Crippen LogP contribution in [0.15, 0.2) is 18.2 Å². The number of methoxy groups -OCH3 is 1. The highest BCUT2D eigenvalue weighted by molar-refractivity contribution is 7.92. The van der Waals surface area contributed by atoms with Crippen molar-refractivity contribution in [2.75, 3.05) is 17.6 Å². The van der Waals surface area contributed by atoms with E-state index in [2.05, 4.69) is 9.46 Å². The smallest absolute Gasteiger partial charge is 0.305 e. The van der Waals surface area contributed by atoms with E-state index in [9.17, 15) is 13.2 Å². The summed E-state index contributed by atoms with van der Waals surface area (Å²) in [5, 5.41) is 0.603. The molecule has 0 heterocycles. The molecular weight excluding hydrogens is 313 g/mol. The lowest BCUT2D eigenvalue weighted by Crippen LogP contribution is -2.17.